The molecule has 1 radical (unpaired) electrons. The molecule has 0 unspecified atom stereocenters. The van der Waals surface area contributed by atoms with Gasteiger partial charge in [0, 0.05) is 35.1 Å². The summed E-state index contributed by atoms with van der Waals surface area (Å²) in [4.78, 5) is 0. The number of nitrogens with two attached hydrogens (primary N) is 1. The van der Waals surface area contributed by atoms with Crippen molar-refractivity contribution in [3.05, 3.63) is 0 Å². The average molecular weight is 96.1 g/mol. The minimum Gasteiger partial charge on any atom is -0.326 e. The summed E-state index contributed by atoms with van der Waals surface area (Å²) in [6, 6.07) is 0. The van der Waals surface area contributed by atoms with Gasteiger partial charge in [-0.25, -0.2) is 0 Å². The Labute approximate surface area is 61.6 Å². The van der Waals surface area contributed by atoms with E-state index in [1.807, 2.05) is 20.8 Å². The van der Waals surface area contributed by atoms with Crippen molar-refractivity contribution in [2.75, 3.05) is 0 Å². The van der Waals surface area contributed by atoms with Crippen molar-refractivity contribution < 1.29 is 0 Å². The molecular weight excluding hydrogens is 85.0 g/mol. The van der Waals surface area contributed by atoms with Crippen molar-refractivity contribution in [3.63, 3.8) is 0 Å². The van der Waals surface area contributed by atoms with Crippen LogP contribution in [0.1, 0.15) is 20.8 Å². The Morgan fingerprint density at radius 3 is 1.17 bits per heavy atom. The maximum Gasteiger partial charge on any atom is 0.00686 e. The van der Waals surface area contributed by atoms with Gasteiger partial charge in [-0.3, -0.25) is 0 Å². The van der Waals surface area contributed by atoms with Crippen LogP contribution < -0.4 is 5.73 Å². The molecule has 0 aromatic heterocycles. The van der Waals surface area contributed by atoms with Crippen LogP contribution in [0.2, 0.25) is 0 Å². The van der Waals surface area contributed by atoms with Gasteiger partial charge in [-0.2, -0.15) is 0 Å². The van der Waals surface area contributed by atoms with Gasteiger partial charge in [0.1, 0.15) is 0 Å². The van der Waals surface area contributed by atoms with Gasteiger partial charge in [-0.15, -0.1) is 0 Å². The molecule has 33 valence electrons. The predicted molar refractivity (Wildman–Crippen MR) is 29.7 cm³/mol. The zero-order valence-electron chi connectivity index (χ0n) is 5.08. The second-order valence-corrected chi connectivity index (χ2v) is 2.37. The third-order valence-corrected chi connectivity index (χ3v) is 0. The molecule has 2 heteroatoms. The van der Waals surface area contributed by atoms with E-state index >= 15 is 0 Å². The Hall–Kier alpha value is 0.960. The van der Waals surface area contributed by atoms with E-state index in [1.54, 1.807) is 0 Å². The van der Waals surface area contributed by atoms with Crippen LogP contribution in [0.4, 0.5) is 0 Å². The van der Waals surface area contributed by atoms with Crippen molar-refractivity contribution in [3.8, 4) is 0 Å². The van der Waals surface area contributed by atoms with Gasteiger partial charge in [0.25, 0.3) is 0 Å². The van der Waals surface area contributed by atoms with Crippen LogP contribution >= 0.6 is 0 Å². The van der Waals surface area contributed by atoms with Gasteiger partial charge in [-0.05, 0) is 20.8 Å². The normalized spacial score (nSPS) is 10.0. The molecule has 0 rings (SSSR count). The number of hydrogen-bond acceptors (Lipinski definition) is 1. The van der Waals surface area contributed by atoms with Crippen LogP contribution in [0.25, 0.3) is 0 Å². The first-order valence-corrected chi connectivity index (χ1v) is 1.79. The van der Waals surface area contributed by atoms with Crippen LogP contribution in [0, 0.1) is 0 Å². The van der Waals surface area contributed by atoms with Crippen molar-refractivity contribution in [1.82, 2.24) is 0 Å². The SMILES string of the molecule is CC(C)(C)N.[Na]. The van der Waals surface area contributed by atoms with Crippen LogP contribution in [0.15, 0.2) is 0 Å². The molecule has 0 aliphatic rings. The average Bonchev–Trinajstić information content (AvgIpc) is 0.722. The van der Waals surface area contributed by atoms with Gasteiger partial charge < -0.3 is 5.73 Å². The van der Waals surface area contributed by atoms with E-state index in [0.29, 0.717) is 0 Å². The van der Waals surface area contributed by atoms with Gasteiger partial charge in [0.15, 0.2) is 0 Å². The third kappa shape index (κ3) is 84.4. The van der Waals surface area contributed by atoms with Crippen molar-refractivity contribution >= 4 is 29.6 Å². The molecule has 0 aliphatic heterocycles. The topological polar surface area (TPSA) is 26.0 Å². The fourth-order valence-corrected chi connectivity index (χ4v) is 0. The predicted octanol–water partition coefficient (Wildman–Crippen LogP) is 0.363. The van der Waals surface area contributed by atoms with Crippen LogP contribution in [0.5, 0.6) is 0 Å². The van der Waals surface area contributed by atoms with E-state index in [2.05, 4.69) is 0 Å². The molecule has 0 saturated carbocycles. The summed E-state index contributed by atoms with van der Waals surface area (Å²) in [7, 11) is 0. The Morgan fingerprint density at radius 2 is 1.17 bits per heavy atom. The summed E-state index contributed by atoms with van der Waals surface area (Å²) in [5, 5.41) is 0. The van der Waals surface area contributed by atoms with E-state index in [9.17, 15) is 0 Å². The molecule has 1 nitrogen and oxygen atoms in total. The zero-order valence-corrected chi connectivity index (χ0v) is 7.08. The summed E-state index contributed by atoms with van der Waals surface area (Å²) in [5.74, 6) is 0. The molecule has 0 aromatic rings. The molecule has 0 heterocycles. The molecular formula is C4H11NNa. The van der Waals surface area contributed by atoms with Gasteiger partial charge in [0.05, 0.1) is 0 Å². The minimum absolute atomic E-state index is 0. The van der Waals surface area contributed by atoms with Gasteiger partial charge in [0.2, 0.25) is 0 Å². The zero-order chi connectivity index (χ0) is 4.50. The summed E-state index contributed by atoms with van der Waals surface area (Å²) in [6.45, 7) is 5.90. The first kappa shape index (κ1) is 10.0. The van der Waals surface area contributed by atoms with Crippen LogP contribution in [-0.4, -0.2) is 35.1 Å². The molecule has 6 heavy (non-hydrogen) atoms. The molecule has 0 spiro atoms. The summed E-state index contributed by atoms with van der Waals surface area (Å²) >= 11 is 0. The van der Waals surface area contributed by atoms with Crippen molar-refractivity contribution in [1.29, 1.82) is 0 Å². The van der Waals surface area contributed by atoms with Crippen molar-refractivity contribution in [2.45, 2.75) is 26.3 Å². The van der Waals surface area contributed by atoms with E-state index < -0.39 is 0 Å². The fraction of sp³-hybridized carbons (Fsp3) is 1.00. The molecule has 0 fully saturated rings. The summed E-state index contributed by atoms with van der Waals surface area (Å²) in [5.41, 5.74) is 5.35. The molecule has 0 aromatic carbocycles. The quantitative estimate of drug-likeness (QED) is 0.433. The van der Waals surface area contributed by atoms with E-state index in [-0.39, 0.29) is 35.1 Å². The van der Waals surface area contributed by atoms with E-state index in [4.69, 9.17) is 5.73 Å². The number of rotatable bonds is 0. The number of hydrogen-bond donors (Lipinski definition) is 1. The maximum atomic E-state index is 5.35. The van der Waals surface area contributed by atoms with Crippen LogP contribution in [0.3, 0.4) is 0 Å². The molecule has 0 saturated heterocycles. The standard InChI is InChI=1S/C4H11N.Na/c1-4(2,3)5;/h5H2,1-3H3;. The van der Waals surface area contributed by atoms with E-state index in [0.717, 1.165) is 0 Å². The molecule has 0 atom stereocenters. The molecule has 0 amide bonds. The Kier molecular flexibility index (Phi) is 5.07. The monoisotopic (exact) mass is 96.1 g/mol. The Balaban J connectivity index is 0. The largest absolute Gasteiger partial charge is 0.326 e. The Morgan fingerprint density at radius 1 is 1.17 bits per heavy atom. The van der Waals surface area contributed by atoms with Crippen molar-refractivity contribution in [2.24, 2.45) is 5.73 Å². The maximum absolute atomic E-state index is 5.35. The minimum atomic E-state index is 0. The second kappa shape index (κ2) is 3.03. The van der Waals surface area contributed by atoms with E-state index in [1.165, 1.54) is 0 Å². The summed E-state index contributed by atoms with van der Waals surface area (Å²) < 4.78 is 0. The fourth-order valence-electron chi connectivity index (χ4n) is 0. The molecule has 2 N–H and O–H groups in total. The summed E-state index contributed by atoms with van der Waals surface area (Å²) in [6.07, 6.45) is 0. The third-order valence-electron chi connectivity index (χ3n) is 0. The molecule has 0 bridgehead atoms. The Bertz CT molecular complexity index is 23.0. The smallest absolute Gasteiger partial charge is 0.00686 e. The molecule has 0 aliphatic carbocycles. The first-order valence-electron chi connectivity index (χ1n) is 1.79. The van der Waals surface area contributed by atoms with Gasteiger partial charge in [-0.1, -0.05) is 0 Å². The first-order chi connectivity index (χ1) is 2.00. The van der Waals surface area contributed by atoms with Gasteiger partial charge >= 0.3 is 0 Å². The second-order valence-electron chi connectivity index (χ2n) is 2.37. The van der Waals surface area contributed by atoms with Crippen LogP contribution in [-0.2, 0) is 0 Å².